The lowest BCUT2D eigenvalue weighted by molar-refractivity contribution is 0.523. The van der Waals surface area contributed by atoms with E-state index >= 15 is 0 Å². The molecule has 1 aromatic carbocycles. The van der Waals surface area contributed by atoms with Crippen LogP contribution in [0.25, 0.3) is 0 Å². The number of benzene rings is 1. The van der Waals surface area contributed by atoms with Crippen molar-refractivity contribution in [1.29, 1.82) is 0 Å². The summed E-state index contributed by atoms with van der Waals surface area (Å²) in [6, 6.07) is 14.9. The Morgan fingerprint density at radius 2 is 1.95 bits per heavy atom. The van der Waals surface area contributed by atoms with Crippen molar-refractivity contribution in [3.05, 3.63) is 64.4 Å². The zero-order chi connectivity index (χ0) is 13.5. The van der Waals surface area contributed by atoms with Crippen molar-refractivity contribution in [2.24, 2.45) is 0 Å². The maximum atomic E-state index is 4.46. The fourth-order valence-corrected chi connectivity index (χ4v) is 2.49. The third-order valence-electron chi connectivity index (χ3n) is 3.07. The predicted molar refractivity (Wildman–Crippen MR) is 83.1 cm³/mol. The Morgan fingerprint density at radius 1 is 1.16 bits per heavy atom. The van der Waals surface area contributed by atoms with Gasteiger partial charge in [0.25, 0.3) is 0 Å². The number of hydrogen-bond donors (Lipinski definition) is 1. The summed E-state index contributed by atoms with van der Waals surface area (Å²) in [5.41, 5.74) is 2.41. The van der Waals surface area contributed by atoms with Crippen LogP contribution in [0.3, 0.4) is 0 Å². The third-order valence-corrected chi connectivity index (χ3v) is 3.80. The first-order chi connectivity index (χ1) is 9.31. The van der Waals surface area contributed by atoms with Gasteiger partial charge in [-0.1, -0.05) is 37.3 Å². The Kier molecular flexibility index (Phi) is 5.55. The highest BCUT2D eigenvalue weighted by Gasteiger charge is 2.13. The molecule has 1 unspecified atom stereocenters. The first-order valence-electron chi connectivity index (χ1n) is 6.69. The van der Waals surface area contributed by atoms with Gasteiger partial charge in [-0.2, -0.15) is 0 Å². The summed E-state index contributed by atoms with van der Waals surface area (Å²) in [6.07, 6.45) is 3.88. The molecule has 3 heteroatoms. The van der Waals surface area contributed by atoms with Gasteiger partial charge < -0.3 is 5.32 Å². The van der Waals surface area contributed by atoms with E-state index in [1.807, 2.05) is 18.3 Å². The molecular formula is C16H19BrN2. The van der Waals surface area contributed by atoms with Crippen LogP contribution in [0.4, 0.5) is 0 Å². The van der Waals surface area contributed by atoms with Gasteiger partial charge in [-0.25, -0.2) is 0 Å². The standard InChI is InChI=1S/C16H19BrN2/c1-2-10-18-15(13-7-4-3-5-8-13)12-16-14(17)9-6-11-19-16/h3-9,11,15,18H,2,10,12H2,1H3. The molecule has 2 rings (SSSR count). The predicted octanol–water partition coefficient (Wildman–Crippen LogP) is 4.13. The Balaban J connectivity index is 2.17. The average Bonchev–Trinajstić information content (AvgIpc) is 2.46. The van der Waals surface area contributed by atoms with Crippen molar-refractivity contribution in [2.75, 3.05) is 6.54 Å². The molecule has 0 saturated carbocycles. The highest BCUT2D eigenvalue weighted by Crippen LogP contribution is 2.22. The van der Waals surface area contributed by atoms with Gasteiger partial charge in [0.15, 0.2) is 0 Å². The van der Waals surface area contributed by atoms with Crippen LogP contribution in [0.2, 0.25) is 0 Å². The van der Waals surface area contributed by atoms with Gasteiger partial charge >= 0.3 is 0 Å². The third kappa shape index (κ3) is 4.15. The van der Waals surface area contributed by atoms with Gasteiger partial charge in [0.05, 0.1) is 5.69 Å². The smallest absolute Gasteiger partial charge is 0.0564 e. The van der Waals surface area contributed by atoms with E-state index in [0.717, 1.165) is 29.6 Å². The Bertz CT molecular complexity index is 499. The molecule has 19 heavy (non-hydrogen) atoms. The van der Waals surface area contributed by atoms with E-state index in [2.05, 4.69) is 63.5 Å². The van der Waals surface area contributed by atoms with Crippen molar-refractivity contribution in [3.63, 3.8) is 0 Å². The molecule has 0 aliphatic rings. The quantitative estimate of drug-likeness (QED) is 0.866. The van der Waals surface area contributed by atoms with Crippen LogP contribution in [0.15, 0.2) is 53.1 Å². The van der Waals surface area contributed by atoms with E-state index in [0.29, 0.717) is 6.04 Å². The fourth-order valence-electron chi connectivity index (χ4n) is 2.07. The molecule has 2 aromatic rings. The molecule has 1 atom stereocenters. The van der Waals surface area contributed by atoms with Crippen molar-refractivity contribution >= 4 is 15.9 Å². The molecule has 2 nitrogen and oxygen atoms in total. The van der Waals surface area contributed by atoms with E-state index in [1.165, 1.54) is 5.56 Å². The number of aromatic nitrogens is 1. The van der Waals surface area contributed by atoms with E-state index in [9.17, 15) is 0 Å². The Morgan fingerprint density at radius 3 is 2.63 bits per heavy atom. The summed E-state index contributed by atoms with van der Waals surface area (Å²) in [6.45, 7) is 3.20. The summed E-state index contributed by atoms with van der Waals surface area (Å²) in [5.74, 6) is 0. The topological polar surface area (TPSA) is 24.9 Å². The second kappa shape index (κ2) is 7.41. The lowest BCUT2D eigenvalue weighted by Crippen LogP contribution is -2.24. The first kappa shape index (κ1) is 14.2. The molecular weight excluding hydrogens is 300 g/mol. The van der Waals surface area contributed by atoms with Gasteiger partial charge in [0.2, 0.25) is 0 Å². The molecule has 0 amide bonds. The first-order valence-corrected chi connectivity index (χ1v) is 7.48. The highest BCUT2D eigenvalue weighted by atomic mass is 79.9. The summed E-state index contributed by atoms with van der Waals surface area (Å²) < 4.78 is 1.08. The van der Waals surface area contributed by atoms with E-state index < -0.39 is 0 Å². The summed E-state index contributed by atoms with van der Waals surface area (Å²) in [5, 5.41) is 3.60. The highest BCUT2D eigenvalue weighted by molar-refractivity contribution is 9.10. The second-order valence-corrected chi connectivity index (χ2v) is 5.41. The van der Waals surface area contributed by atoms with Crippen molar-refractivity contribution in [3.8, 4) is 0 Å². The SMILES string of the molecule is CCCNC(Cc1ncccc1Br)c1ccccc1. The number of rotatable bonds is 6. The minimum absolute atomic E-state index is 0.312. The number of halogens is 1. The van der Waals surface area contributed by atoms with E-state index in [4.69, 9.17) is 0 Å². The zero-order valence-electron chi connectivity index (χ0n) is 11.1. The van der Waals surface area contributed by atoms with Gasteiger partial charge in [0, 0.05) is 23.1 Å². The maximum Gasteiger partial charge on any atom is 0.0564 e. The minimum Gasteiger partial charge on any atom is -0.310 e. The monoisotopic (exact) mass is 318 g/mol. The average molecular weight is 319 g/mol. The summed E-state index contributed by atoms with van der Waals surface area (Å²) in [7, 11) is 0. The van der Waals surface area contributed by atoms with Crippen LogP contribution >= 0.6 is 15.9 Å². The van der Waals surface area contributed by atoms with Crippen LogP contribution in [-0.2, 0) is 6.42 Å². The molecule has 0 spiro atoms. The number of nitrogens with zero attached hydrogens (tertiary/aromatic N) is 1. The molecule has 0 radical (unpaired) electrons. The number of hydrogen-bond acceptors (Lipinski definition) is 2. The van der Waals surface area contributed by atoms with Gasteiger partial charge in [-0.15, -0.1) is 0 Å². The molecule has 0 bridgehead atoms. The van der Waals surface area contributed by atoms with Crippen molar-refractivity contribution < 1.29 is 0 Å². The molecule has 1 N–H and O–H groups in total. The van der Waals surface area contributed by atoms with E-state index in [-0.39, 0.29) is 0 Å². The van der Waals surface area contributed by atoms with Gasteiger partial charge in [-0.3, -0.25) is 4.98 Å². The van der Waals surface area contributed by atoms with Crippen molar-refractivity contribution in [2.45, 2.75) is 25.8 Å². The molecule has 0 aliphatic heterocycles. The lowest BCUT2D eigenvalue weighted by atomic mass is 10.0. The molecule has 1 aromatic heterocycles. The van der Waals surface area contributed by atoms with Crippen LogP contribution in [0.5, 0.6) is 0 Å². The van der Waals surface area contributed by atoms with Crippen molar-refractivity contribution in [1.82, 2.24) is 10.3 Å². The normalized spacial score (nSPS) is 12.3. The summed E-state index contributed by atoms with van der Waals surface area (Å²) in [4.78, 5) is 4.46. The fraction of sp³-hybridized carbons (Fsp3) is 0.312. The molecule has 0 fully saturated rings. The summed E-state index contributed by atoms with van der Waals surface area (Å²) >= 11 is 3.58. The largest absolute Gasteiger partial charge is 0.310 e. The van der Waals surface area contributed by atoms with E-state index in [1.54, 1.807) is 0 Å². The molecule has 0 saturated heterocycles. The molecule has 1 heterocycles. The van der Waals surface area contributed by atoms with Crippen LogP contribution in [-0.4, -0.2) is 11.5 Å². The molecule has 100 valence electrons. The van der Waals surface area contributed by atoms with Gasteiger partial charge in [-0.05, 0) is 46.6 Å². The van der Waals surface area contributed by atoms with Gasteiger partial charge in [0.1, 0.15) is 0 Å². The van der Waals surface area contributed by atoms with Crippen LogP contribution in [0.1, 0.15) is 30.6 Å². The number of nitrogens with one attached hydrogen (secondary N) is 1. The van der Waals surface area contributed by atoms with Crippen LogP contribution in [0, 0.1) is 0 Å². The minimum atomic E-state index is 0.312. The van der Waals surface area contributed by atoms with Crippen LogP contribution < -0.4 is 5.32 Å². The number of pyridine rings is 1. The Hall–Kier alpha value is -1.19. The Labute approximate surface area is 123 Å². The zero-order valence-corrected chi connectivity index (χ0v) is 12.7. The maximum absolute atomic E-state index is 4.46. The molecule has 0 aliphatic carbocycles. The second-order valence-electron chi connectivity index (χ2n) is 4.55. The lowest BCUT2D eigenvalue weighted by Gasteiger charge is -2.19.